The molecule has 0 aliphatic rings. The molecule has 0 aliphatic carbocycles. The third-order valence-electron chi connectivity index (χ3n) is 1.46. The topological polar surface area (TPSA) is 49.3 Å². The SMILES string of the molecule is CC(CO)CNC(=O)C(C)C. The number of aliphatic hydroxyl groups is 1. The molecule has 0 aromatic carbocycles. The molecule has 0 spiro atoms. The van der Waals surface area contributed by atoms with E-state index in [2.05, 4.69) is 5.32 Å². The maximum Gasteiger partial charge on any atom is 0.222 e. The molecule has 0 saturated carbocycles. The van der Waals surface area contributed by atoms with E-state index in [9.17, 15) is 4.79 Å². The Bertz CT molecular complexity index is 123. The van der Waals surface area contributed by atoms with E-state index in [1.54, 1.807) is 0 Å². The van der Waals surface area contributed by atoms with Crippen LogP contribution in [-0.2, 0) is 4.79 Å². The first-order chi connectivity index (χ1) is 5.07. The number of carbonyl (C=O) groups is 1. The van der Waals surface area contributed by atoms with Gasteiger partial charge in [-0.1, -0.05) is 20.8 Å². The zero-order valence-electron chi connectivity index (χ0n) is 7.42. The molecule has 0 aromatic heterocycles. The molecule has 3 nitrogen and oxygen atoms in total. The minimum absolute atomic E-state index is 0.0286. The van der Waals surface area contributed by atoms with Crippen LogP contribution in [0.25, 0.3) is 0 Å². The second kappa shape index (κ2) is 5.13. The van der Waals surface area contributed by atoms with Crippen molar-refractivity contribution in [1.82, 2.24) is 5.32 Å². The Hall–Kier alpha value is -0.570. The molecule has 0 fully saturated rings. The van der Waals surface area contributed by atoms with Crippen LogP contribution in [0.1, 0.15) is 20.8 Å². The third kappa shape index (κ3) is 4.79. The lowest BCUT2D eigenvalue weighted by molar-refractivity contribution is -0.124. The number of amides is 1. The van der Waals surface area contributed by atoms with Crippen molar-refractivity contribution in [3.63, 3.8) is 0 Å². The van der Waals surface area contributed by atoms with Crippen LogP contribution in [0.5, 0.6) is 0 Å². The molecular weight excluding hydrogens is 142 g/mol. The Balaban J connectivity index is 3.46. The first-order valence-corrected chi connectivity index (χ1v) is 3.96. The van der Waals surface area contributed by atoms with Gasteiger partial charge in [-0.2, -0.15) is 0 Å². The average molecular weight is 159 g/mol. The highest BCUT2D eigenvalue weighted by atomic mass is 16.3. The van der Waals surface area contributed by atoms with Crippen molar-refractivity contribution >= 4 is 5.91 Å². The summed E-state index contributed by atoms with van der Waals surface area (Å²) in [5, 5.41) is 11.4. The molecule has 0 aromatic rings. The van der Waals surface area contributed by atoms with Crippen LogP contribution in [0.4, 0.5) is 0 Å². The highest BCUT2D eigenvalue weighted by Crippen LogP contribution is 1.93. The highest BCUT2D eigenvalue weighted by Gasteiger charge is 2.07. The number of hydrogen-bond acceptors (Lipinski definition) is 2. The quantitative estimate of drug-likeness (QED) is 0.623. The summed E-state index contributed by atoms with van der Waals surface area (Å²) < 4.78 is 0. The maximum atomic E-state index is 11.0. The van der Waals surface area contributed by atoms with Crippen molar-refractivity contribution in [3.05, 3.63) is 0 Å². The Kier molecular flexibility index (Phi) is 4.86. The summed E-state index contributed by atoms with van der Waals surface area (Å²) in [5.41, 5.74) is 0. The van der Waals surface area contributed by atoms with Crippen LogP contribution in [-0.4, -0.2) is 24.2 Å². The smallest absolute Gasteiger partial charge is 0.222 e. The van der Waals surface area contributed by atoms with Crippen LogP contribution in [0.15, 0.2) is 0 Å². The molecule has 2 N–H and O–H groups in total. The van der Waals surface area contributed by atoms with Gasteiger partial charge in [0.25, 0.3) is 0 Å². The Labute approximate surface area is 67.8 Å². The van der Waals surface area contributed by atoms with Gasteiger partial charge in [-0.25, -0.2) is 0 Å². The van der Waals surface area contributed by atoms with Gasteiger partial charge in [0.2, 0.25) is 5.91 Å². The normalized spacial score (nSPS) is 13.2. The van der Waals surface area contributed by atoms with Crippen LogP contribution in [0.3, 0.4) is 0 Å². The van der Waals surface area contributed by atoms with Gasteiger partial charge in [0.1, 0.15) is 0 Å². The molecule has 0 radical (unpaired) electrons. The van der Waals surface area contributed by atoms with E-state index in [0.717, 1.165) is 0 Å². The fraction of sp³-hybridized carbons (Fsp3) is 0.875. The van der Waals surface area contributed by atoms with E-state index < -0.39 is 0 Å². The van der Waals surface area contributed by atoms with Gasteiger partial charge < -0.3 is 10.4 Å². The molecule has 0 rings (SSSR count). The summed E-state index contributed by atoms with van der Waals surface area (Å²) >= 11 is 0. The van der Waals surface area contributed by atoms with Crippen LogP contribution in [0, 0.1) is 11.8 Å². The summed E-state index contributed by atoms with van der Waals surface area (Å²) in [4.78, 5) is 11.0. The van der Waals surface area contributed by atoms with Crippen molar-refractivity contribution in [2.24, 2.45) is 11.8 Å². The van der Waals surface area contributed by atoms with Crippen molar-refractivity contribution < 1.29 is 9.90 Å². The highest BCUT2D eigenvalue weighted by molar-refractivity contribution is 5.77. The number of aliphatic hydroxyl groups excluding tert-OH is 1. The van der Waals surface area contributed by atoms with Crippen LogP contribution >= 0.6 is 0 Å². The van der Waals surface area contributed by atoms with Gasteiger partial charge in [0.15, 0.2) is 0 Å². The Morgan fingerprint density at radius 3 is 2.36 bits per heavy atom. The maximum absolute atomic E-state index is 11.0. The third-order valence-corrected chi connectivity index (χ3v) is 1.46. The predicted molar refractivity (Wildman–Crippen MR) is 44.1 cm³/mol. The van der Waals surface area contributed by atoms with E-state index >= 15 is 0 Å². The minimum Gasteiger partial charge on any atom is -0.396 e. The summed E-state index contributed by atoms with van der Waals surface area (Å²) in [6.45, 7) is 6.27. The summed E-state index contributed by atoms with van der Waals surface area (Å²) in [5.74, 6) is 0.226. The van der Waals surface area contributed by atoms with Crippen molar-refractivity contribution in [1.29, 1.82) is 0 Å². The molecule has 0 bridgehead atoms. The summed E-state index contributed by atoms with van der Waals surface area (Å²) in [6.07, 6.45) is 0. The lowest BCUT2D eigenvalue weighted by atomic mass is 10.1. The largest absolute Gasteiger partial charge is 0.396 e. The van der Waals surface area contributed by atoms with Crippen LogP contribution in [0.2, 0.25) is 0 Å². The minimum atomic E-state index is 0.0286. The monoisotopic (exact) mass is 159 g/mol. The van der Waals surface area contributed by atoms with Crippen molar-refractivity contribution in [2.75, 3.05) is 13.2 Å². The summed E-state index contributed by atoms with van der Waals surface area (Å²) in [6, 6.07) is 0. The van der Waals surface area contributed by atoms with Gasteiger partial charge in [-0.15, -0.1) is 0 Å². The Morgan fingerprint density at radius 2 is 2.00 bits per heavy atom. The molecule has 1 unspecified atom stereocenters. The van der Waals surface area contributed by atoms with E-state index in [0.29, 0.717) is 6.54 Å². The van der Waals surface area contributed by atoms with Gasteiger partial charge in [0, 0.05) is 19.1 Å². The van der Waals surface area contributed by atoms with Gasteiger partial charge >= 0.3 is 0 Å². The fourth-order valence-electron chi connectivity index (χ4n) is 0.543. The number of carbonyl (C=O) groups excluding carboxylic acids is 1. The van der Waals surface area contributed by atoms with E-state index in [4.69, 9.17) is 5.11 Å². The number of rotatable bonds is 4. The standard InChI is InChI=1S/C8H17NO2/c1-6(2)8(11)9-4-7(3)5-10/h6-7,10H,4-5H2,1-3H3,(H,9,11). The van der Waals surface area contributed by atoms with Crippen molar-refractivity contribution in [2.45, 2.75) is 20.8 Å². The van der Waals surface area contributed by atoms with E-state index in [-0.39, 0.29) is 24.3 Å². The second-order valence-electron chi connectivity index (χ2n) is 3.19. The first kappa shape index (κ1) is 10.4. The van der Waals surface area contributed by atoms with Gasteiger partial charge in [0.05, 0.1) is 0 Å². The predicted octanol–water partition coefficient (Wildman–Crippen LogP) is 0.387. The molecule has 1 atom stereocenters. The van der Waals surface area contributed by atoms with Crippen LogP contribution < -0.4 is 5.32 Å². The molecule has 0 heterocycles. The second-order valence-corrected chi connectivity index (χ2v) is 3.19. The summed E-state index contributed by atoms with van der Waals surface area (Å²) in [7, 11) is 0. The Morgan fingerprint density at radius 1 is 1.45 bits per heavy atom. The first-order valence-electron chi connectivity index (χ1n) is 3.96. The van der Waals surface area contributed by atoms with E-state index in [1.807, 2.05) is 20.8 Å². The lowest BCUT2D eigenvalue weighted by Gasteiger charge is -2.10. The van der Waals surface area contributed by atoms with E-state index in [1.165, 1.54) is 0 Å². The van der Waals surface area contributed by atoms with Gasteiger partial charge in [-0.05, 0) is 5.92 Å². The zero-order chi connectivity index (χ0) is 8.85. The molecule has 3 heteroatoms. The van der Waals surface area contributed by atoms with Crippen molar-refractivity contribution in [3.8, 4) is 0 Å². The molecule has 0 aliphatic heterocycles. The van der Waals surface area contributed by atoms with Gasteiger partial charge in [-0.3, -0.25) is 4.79 Å². The number of hydrogen-bond donors (Lipinski definition) is 2. The molecule has 11 heavy (non-hydrogen) atoms. The molecule has 0 saturated heterocycles. The zero-order valence-corrected chi connectivity index (χ0v) is 7.42. The lowest BCUT2D eigenvalue weighted by Crippen LogP contribution is -2.32. The average Bonchev–Trinajstić information content (AvgIpc) is 1.99. The molecule has 66 valence electrons. The number of nitrogens with one attached hydrogen (secondary N) is 1. The molecule has 1 amide bonds. The molecular formula is C8H17NO2. The fourth-order valence-corrected chi connectivity index (χ4v) is 0.543.